The van der Waals surface area contributed by atoms with Crippen LogP contribution in [0.1, 0.15) is 69.9 Å². The molecule has 1 aromatic rings. The van der Waals surface area contributed by atoms with Crippen molar-refractivity contribution in [3.63, 3.8) is 0 Å². The largest absolute Gasteiger partial charge is 0.493 e. The molecular weight excluding hydrogens is 498 g/mol. The maximum absolute atomic E-state index is 13.5. The predicted molar refractivity (Wildman–Crippen MR) is 148 cm³/mol. The highest BCUT2D eigenvalue weighted by Crippen LogP contribution is 2.41. The highest BCUT2D eigenvalue weighted by atomic mass is 16.5. The first-order valence-corrected chi connectivity index (χ1v) is 14.5. The van der Waals surface area contributed by atoms with Gasteiger partial charge in [0.2, 0.25) is 11.8 Å². The summed E-state index contributed by atoms with van der Waals surface area (Å²) in [5.74, 6) is -0.889. The van der Waals surface area contributed by atoms with E-state index in [-0.39, 0.29) is 42.3 Å². The maximum Gasteiger partial charge on any atom is 0.308 e. The summed E-state index contributed by atoms with van der Waals surface area (Å²) in [6.45, 7) is 9.75. The number of carboxylic acids is 1. The number of carbonyl (C=O) groups is 3. The van der Waals surface area contributed by atoms with Gasteiger partial charge in [-0.25, -0.2) is 0 Å². The highest BCUT2D eigenvalue weighted by Gasteiger charge is 2.48. The van der Waals surface area contributed by atoms with Crippen LogP contribution in [0, 0.1) is 11.3 Å². The van der Waals surface area contributed by atoms with E-state index < -0.39 is 11.9 Å². The van der Waals surface area contributed by atoms with Crippen LogP contribution in [0.25, 0.3) is 0 Å². The van der Waals surface area contributed by atoms with E-state index in [0.717, 1.165) is 36.1 Å². The van der Waals surface area contributed by atoms with Crippen LogP contribution < -0.4 is 4.74 Å². The Morgan fingerprint density at radius 1 is 1.21 bits per heavy atom. The summed E-state index contributed by atoms with van der Waals surface area (Å²) in [5.41, 5.74) is 1.98. The van der Waals surface area contributed by atoms with E-state index in [1.165, 1.54) is 0 Å². The summed E-state index contributed by atoms with van der Waals surface area (Å²) in [7, 11) is 0. The molecule has 9 nitrogen and oxygen atoms in total. The molecule has 2 fully saturated rings. The van der Waals surface area contributed by atoms with Crippen LogP contribution in [0.5, 0.6) is 5.75 Å². The van der Waals surface area contributed by atoms with Gasteiger partial charge in [-0.05, 0) is 41.9 Å². The molecule has 0 spiro atoms. The monoisotopic (exact) mass is 543 g/mol. The second kappa shape index (κ2) is 12.7. The quantitative estimate of drug-likeness (QED) is 0.394. The van der Waals surface area contributed by atoms with Gasteiger partial charge in [-0.1, -0.05) is 39.3 Å². The Labute approximate surface area is 232 Å². The number of ether oxygens (including phenoxy) is 1. The van der Waals surface area contributed by atoms with E-state index in [1.807, 2.05) is 21.9 Å². The number of carboxylic acid groups (broad SMARTS) is 1. The molecule has 3 aliphatic rings. The summed E-state index contributed by atoms with van der Waals surface area (Å²) in [4.78, 5) is 44.6. The SMILES string of the molecule is CCCCN(CCCO)C(=O)CN1CC(c2ccc3c(c2)CCO3)C(C(=O)O)C1CCN1CC(C)(C)CC1=O. The number of carbonyl (C=O) groups excluding carboxylic acids is 2. The average Bonchev–Trinajstić information content (AvgIpc) is 3.56. The summed E-state index contributed by atoms with van der Waals surface area (Å²) >= 11 is 0. The van der Waals surface area contributed by atoms with Crippen LogP contribution in [-0.2, 0) is 20.8 Å². The topological polar surface area (TPSA) is 111 Å². The number of likely N-dealkylation sites (tertiary alicyclic amines) is 2. The first-order valence-electron chi connectivity index (χ1n) is 14.5. The summed E-state index contributed by atoms with van der Waals surface area (Å²) < 4.78 is 5.67. The summed E-state index contributed by atoms with van der Waals surface area (Å²) in [5, 5.41) is 19.8. The van der Waals surface area contributed by atoms with Gasteiger partial charge in [-0.3, -0.25) is 19.3 Å². The summed E-state index contributed by atoms with van der Waals surface area (Å²) in [6, 6.07) is 5.61. The molecule has 3 atom stereocenters. The van der Waals surface area contributed by atoms with Crippen molar-refractivity contribution in [3.05, 3.63) is 29.3 Å². The molecule has 0 bridgehead atoms. The van der Waals surface area contributed by atoms with Gasteiger partial charge in [0, 0.05) is 64.1 Å². The number of aliphatic hydroxyl groups excluding tert-OH is 1. The van der Waals surface area contributed by atoms with E-state index in [1.54, 1.807) is 4.90 Å². The number of hydrogen-bond donors (Lipinski definition) is 2. The van der Waals surface area contributed by atoms with Gasteiger partial charge in [-0.2, -0.15) is 0 Å². The van der Waals surface area contributed by atoms with E-state index >= 15 is 0 Å². The zero-order valence-corrected chi connectivity index (χ0v) is 23.7. The van der Waals surface area contributed by atoms with Gasteiger partial charge in [0.05, 0.1) is 19.1 Å². The number of amides is 2. The van der Waals surface area contributed by atoms with E-state index in [4.69, 9.17) is 4.74 Å². The van der Waals surface area contributed by atoms with Crippen molar-refractivity contribution in [1.82, 2.24) is 14.7 Å². The minimum absolute atomic E-state index is 0.0215. The molecule has 216 valence electrons. The van der Waals surface area contributed by atoms with Crippen molar-refractivity contribution in [3.8, 4) is 5.75 Å². The number of fused-ring (bicyclic) bond motifs is 1. The van der Waals surface area contributed by atoms with E-state index in [0.29, 0.717) is 58.6 Å². The van der Waals surface area contributed by atoms with Crippen molar-refractivity contribution < 1.29 is 29.3 Å². The molecule has 9 heteroatoms. The van der Waals surface area contributed by atoms with Crippen molar-refractivity contribution in [2.45, 2.75) is 71.3 Å². The van der Waals surface area contributed by atoms with Crippen molar-refractivity contribution >= 4 is 17.8 Å². The van der Waals surface area contributed by atoms with Gasteiger partial charge in [0.1, 0.15) is 5.75 Å². The molecule has 0 saturated carbocycles. The Morgan fingerprint density at radius 2 is 1.97 bits per heavy atom. The van der Waals surface area contributed by atoms with Crippen LogP contribution in [0.2, 0.25) is 0 Å². The van der Waals surface area contributed by atoms with Crippen LogP contribution in [0.15, 0.2) is 18.2 Å². The first kappa shape index (κ1) is 29.3. The molecule has 3 heterocycles. The third-order valence-corrected chi connectivity index (χ3v) is 8.53. The number of rotatable bonds is 13. The van der Waals surface area contributed by atoms with Gasteiger partial charge in [0.15, 0.2) is 0 Å². The van der Waals surface area contributed by atoms with Crippen LogP contribution in [0.4, 0.5) is 0 Å². The average molecular weight is 544 g/mol. The lowest BCUT2D eigenvalue weighted by molar-refractivity contribution is -0.144. The fourth-order valence-electron chi connectivity index (χ4n) is 6.55. The molecule has 3 aliphatic heterocycles. The molecule has 3 unspecified atom stereocenters. The standard InChI is InChI=1S/C30H45N3O6/c1-4-5-11-31(12-6-14-34)27(36)19-33-18-23(21-7-8-25-22(16-21)10-15-39-25)28(29(37)38)24(33)9-13-32-20-30(2,3)17-26(32)35/h7-8,16,23-24,28,34H,4-6,9-15,17-20H2,1-3H3,(H,37,38). The lowest BCUT2D eigenvalue weighted by Gasteiger charge is -2.31. The molecule has 4 rings (SSSR count). The molecule has 2 saturated heterocycles. The van der Waals surface area contributed by atoms with Gasteiger partial charge in [0.25, 0.3) is 0 Å². The van der Waals surface area contributed by atoms with Gasteiger partial charge in [-0.15, -0.1) is 0 Å². The number of nitrogens with zero attached hydrogens (tertiary/aromatic N) is 3. The molecule has 0 aliphatic carbocycles. The zero-order valence-electron chi connectivity index (χ0n) is 23.7. The smallest absolute Gasteiger partial charge is 0.308 e. The third-order valence-electron chi connectivity index (χ3n) is 8.53. The van der Waals surface area contributed by atoms with Crippen molar-refractivity contribution in [2.24, 2.45) is 11.3 Å². The highest BCUT2D eigenvalue weighted by molar-refractivity contribution is 5.80. The Bertz CT molecular complexity index is 1040. The van der Waals surface area contributed by atoms with E-state index in [9.17, 15) is 24.6 Å². The number of unbranched alkanes of at least 4 members (excludes halogenated alkanes) is 1. The lowest BCUT2D eigenvalue weighted by atomic mass is 9.83. The number of aliphatic hydroxyl groups is 1. The van der Waals surface area contributed by atoms with Crippen LogP contribution in [-0.4, -0.2) is 101 Å². The molecule has 2 amide bonds. The molecule has 1 aromatic carbocycles. The van der Waals surface area contributed by atoms with Gasteiger partial charge >= 0.3 is 5.97 Å². The zero-order chi connectivity index (χ0) is 28.2. The Balaban J connectivity index is 1.58. The minimum Gasteiger partial charge on any atom is -0.493 e. The lowest BCUT2D eigenvalue weighted by Crippen LogP contribution is -2.46. The molecule has 39 heavy (non-hydrogen) atoms. The molecule has 0 aromatic heterocycles. The third kappa shape index (κ3) is 6.92. The second-order valence-corrected chi connectivity index (χ2v) is 12.2. The molecular formula is C30H45N3O6. The Hall–Kier alpha value is -2.65. The fourth-order valence-corrected chi connectivity index (χ4v) is 6.55. The van der Waals surface area contributed by atoms with Crippen molar-refractivity contribution in [1.29, 1.82) is 0 Å². The molecule has 2 N–H and O–H groups in total. The predicted octanol–water partition coefficient (Wildman–Crippen LogP) is 2.75. The maximum atomic E-state index is 13.5. The Morgan fingerprint density at radius 3 is 2.64 bits per heavy atom. The van der Waals surface area contributed by atoms with Crippen LogP contribution in [0.3, 0.4) is 0 Å². The number of hydrogen-bond acceptors (Lipinski definition) is 6. The van der Waals surface area contributed by atoms with Crippen LogP contribution >= 0.6 is 0 Å². The number of aliphatic carboxylic acids is 1. The minimum atomic E-state index is -0.868. The normalized spacial score (nSPS) is 24.2. The fraction of sp³-hybridized carbons (Fsp3) is 0.700. The first-order chi connectivity index (χ1) is 18.6. The van der Waals surface area contributed by atoms with Gasteiger partial charge < -0.3 is 24.7 Å². The Kier molecular flexibility index (Phi) is 9.54. The molecule has 0 radical (unpaired) electrons. The number of benzene rings is 1. The van der Waals surface area contributed by atoms with Crippen molar-refractivity contribution in [2.75, 3.05) is 52.5 Å². The van der Waals surface area contributed by atoms with E-state index in [2.05, 4.69) is 26.8 Å². The summed E-state index contributed by atoms with van der Waals surface area (Å²) in [6.07, 6.45) is 4.17. The second-order valence-electron chi connectivity index (χ2n) is 12.2.